The zero-order valence-corrected chi connectivity index (χ0v) is 10.8. The molecular formula is C10H13N5O2S. The Balaban J connectivity index is 2.39. The van der Waals surface area contributed by atoms with E-state index < -0.39 is 10.0 Å². The van der Waals surface area contributed by atoms with Gasteiger partial charge in [-0.3, -0.25) is 4.72 Å². The molecule has 2 rings (SSSR count). The number of nitrogens with two attached hydrogens (primary N) is 1. The van der Waals surface area contributed by atoms with E-state index in [1.807, 2.05) is 0 Å². The molecule has 7 nitrogen and oxygen atoms in total. The lowest BCUT2D eigenvalue weighted by atomic mass is 10.4. The smallest absolute Gasteiger partial charge is 0.282 e. The number of nitrogens with zero attached hydrogens (tertiary/aromatic N) is 3. The van der Waals surface area contributed by atoms with E-state index in [0.717, 1.165) is 0 Å². The second kappa shape index (κ2) is 4.30. The Hall–Kier alpha value is -2.09. The summed E-state index contributed by atoms with van der Waals surface area (Å²) in [5, 5.41) is -0.0780. The second-order valence-corrected chi connectivity index (χ2v) is 5.41. The molecule has 0 aliphatic heterocycles. The quantitative estimate of drug-likeness (QED) is 0.843. The van der Waals surface area contributed by atoms with Gasteiger partial charge >= 0.3 is 0 Å². The Kier molecular flexibility index (Phi) is 2.95. The van der Waals surface area contributed by atoms with Crippen molar-refractivity contribution in [3.63, 3.8) is 0 Å². The fourth-order valence-electron chi connectivity index (χ4n) is 1.55. The number of nitrogens with one attached hydrogen (secondary N) is 1. The largest absolute Gasteiger partial charge is 0.381 e. The number of aryl methyl sites for hydroxylation is 2. The van der Waals surface area contributed by atoms with Crippen molar-refractivity contribution in [1.29, 1.82) is 0 Å². The van der Waals surface area contributed by atoms with E-state index in [1.165, 1.54) is 10.9 Å². The standard InChI is InChI=1S/C10H13N5O2S/c1-7-4-3-5-8(13-7)14-18(16,17)10-9(11)12-6-15(10)2/h3-6H,11H2,1-2H3,(H,13,14). The van der Waals surface area contributed by atoms with Crippen LogP contribution in [0.4, 0.5) is 11.6 Å². The number of pyridine rings is 1. The number of sulfonamides is 1. The number of aromatic nitrogens is 3. The predicted molar refractivity (Wildman–Crippen MR) is 67.4 cm³/mol. The third-order valence-electron chi connectivity index (χ3n) is 2.29. The van der Waals surface area contributed by atoms with Crippen molar-refractivity contribution in [2.45, 2.75) is 11.9 Å². The Morgan fingerprint density at radius 3 is 2.67 bits per heavy atom. The first-order valence-corrected chi connectivity index (χ1v) is 6.62. The molecule has 2 heterocycles. The maximum Gasteiger partial charge on any atom is 0.282 e. The lowest BCUT2D eigenvalue weighted by Crippen LogP contribution is -2.18. The molecule has 0 amide bonds. The molecule has 0 aliphatic rings. The highest BCUT2D eigenvalue weighted by atomic mass is 32.2. The maximum absolute atomic E-state index is 12.1. The molecule has 0 atom stereocenters. The van der Waals surface area contributed by atoms with Crippen LogP contribution < -0.4 is 10.5 Å². The molecule has 0 saturated carbocycles. The molecule has 0 spiro atoms. The molecule has 8 heteroatoms. The number of rotatable bonds is 3. The minimum absolute atomic E-state index is 0.0438. The molecular weight excluding hydrogens is 254 g/mol. The molecule has 2 aromatic rings. The SMILES string of the molecule is Cc1cccc(NS(=O)(=O)c2c(N)ncn2C)n1. The highest BCUT2D eigenvalue weighted by molar-refractivity contribution is 7.92. The molecule has 0 unspecified atom stereocenters. The van der Waals surface area contributed by atoms with Crippen LogP contribution in [0.1, 0.15) is 5.69 Å². The number of hydrogen-bond acceptors (Lipinski definition) is 5. The summed E-state index contributed by atoms with van der Waals surface area (Å²) in [4.78, 5) is 7.81. The molecule has 96 valence electrons. The first-order valence-electron chi connectivity index (χ1n) is 5.13. The molecule has 0 saturated heterocycles. The molecule has 0 aliphatic carbocycles. The molecule has 2 aromatic heterocycles. The van der Waals surface area contributed by atoms with Gasteiger partial charge in [0.25, 0.3) is 10.0 Å². The molecule has 3 N–H and O–H groups in total. The summed E-state index contributed by atoms with van der Waals surface area (Å²) in [6.45, 7) is 1.77. The summed E-state index contributed by atoms with van der Waals surface area (Å²) in [6.07, 6.45) is 1.34. The van der Waals surface area contributed by atoms with Gasteiger partial charge in [0, 0.05) is 12.7 Å². The van der Waals surface area contributed by atoms with Crippen LogP contribution in [0.5, 0.6) is 0 Å². The monoisotopic (exact) mass is 267 g/mol. The average molecular weight is 267 g/mol. The van der Waals surface area contributed by atoms with Crippen LogP contribution in [0, 0.1) is 6.92 Å². The van der Waals surface area contributed by atoms with Crippen molar-refractivity contribution in [3.8, 4) is 0 Å². The normalized spacial score (nSPS) is 11.4. The van der Waals surface area contributed by atoms with E-state index in [1.54, 1.807) is 32.2 Å². The van der Waals surface area contributed by atoms with Crippen LogP contribution in [0.15, 0.2) is 29.6 Å². The highest BCUT2D eigenvalue weighted by Gasteiger charge is 2.22. The van der Waals surface area contributed by atoms with E-state index in [-0.39, 0.29) is 16.7 Å². The van der Waals surface area contributed by atoms with Gasteiger partial charge in [-0.15, -0.1) is 0 Å². The van der Waals surface area contributed by atoms with E-state index in [0.29, 0.717) is 5.69 Å². The van der Waals surface area contributed by atoms with Gasteiger partial charge in [0.05, 0.1) is 6.33 Å². The highest BCUT2D eigenvalue weighted by Crippen LogP contribution is 2.18. The summed E-state index contributed by atoms with van der Waals surface area (Å²) < 4.78 is 28.0. The second-order valence-electron chi connectivity index (χ2n) is 3.82. The van der Waals surface area contributed by atoms with Crippen molar-refractivity contribution in [1.82, 2.24) is 14.5 Å². The van der Waals surface area contributed by atoms with E-state index in [2.05, 4.69) is 14.7 Å². The van der Waals surface area contributed by atoms with Crippen molar-refractivity contribution >= 4 is 21.7 Å². The topological polar surface area (TPSA) is 103 Å². The summed E-state index contributed by atoms with van der Waals surface area (Å²) in [6, 6.07) is 5.06. The van der Waals surface area contributed by atoms with Crippen molar-refractivity contribution in [2.75, 3.05) is 10.5 Å². The summed E-state index contributed by atoms with van der Waals surface area (Å²) in [7, 11) is -2.23. The minimum atomic E-state index is -3.79. The van der Waals surface area contributed by atoms with Crippen LogP contribution in [0.2, 0.25) is 0 Å². The predicted octanol–water partition coefficient (Wildman–Crippen LogP) is 0.507. The fourth-order valence-corrected chi connectivity index (χ4v) is 2.79. The lowest BCUT2D eigenvalue weighted by Gasteiger charge is -2.08. The first-order chi connectivity index (χ1) is 8.40. The van der Waals surface area contributed by atoms with Crippen LogP contribution >= 0.6 is 0 Å². The summed E-state index contributed by atoms with van der Waals surface area (Å²) in [5.74, 6) is 0.202. The van der Waals surface area contributed by atoms with Gasteiger partial charge in [0.15, 0.2) is 10.8 Å². The van der Waals surface area contributed by atoms with Crippen molar-refractivity contribution < 1.29 is 8.42 Å². The van der Waals surface area contributed by atoms with E-state index >= 15 is 0 Å². The summed E-state index contributed by atoms with van der Waals surface area (Å²) in [5.41, 5.74) is 6.26. The molecule has 0 aromatic carbocycles. The number of imidazole rings is 1. The number of anilines is 2. The van der Waals surface area contributed by atoms with Crippen LogP contribution in [-0.2, 0) is 17.1 Å². The third-order valence-corrected chi connectivity index (χ3v) is 3.78. The molecule has 0 bridgehead atoms. The van der Waals surface area contributed by atoms with Gasteiger partial charge in [-0.1, -0.05) is 6.07 Å². The third kappa shape index (κ3) is 2.28. The maximum atomic E-state index is 12.1. The number of nitrogen functional groups attached to an aromatic ring is 1. The molecule has 0 radical (unpaired) electrons. The lowest BCUT2D eigenvalue weighted by molar-refractivity contribution is 0.591. The van der Waals surface area contributed by atoms with Crippen LogP contribution in [0.25, 0.3) is 0 Å². The Labute approximate surface area is 105 Å². The van der Waals surface area contributed by atoms with E-state index in [9.17, 15) is 8.42 Å². The average Bonchev–Trinajstić information content (AvgIpc) is 2.58. The van der Waals surface area contributed by atoms with Gasteiger partial charge in [-0.2, -0.15) is 8.42 Å². The zero-order chi connectivity index (χ0) is 13.3. The number of hydrogen-bond donors (Lipinski definition) is 2. The van der Waals surface area contributed by atoms with Crippen LogP contribution in [0.3, 0.4) is 0 Å². The molecule has 18 heavy (non-hydrogen) atoms. The van der Waals surface area contributed by atoms with Gasteiger partial charge in [-0.25, -0.2) is 9.97 Å². The minimum Gasteiger partial charge on any atom is -0.381 e. The fraction of sp³-hybridized carbons (Fsp3) is 0.200. The van der Waals surface area contributed by atoms with E-state index in [4.69, 9.17) is 5.73 Å². The van der Waals surface area contributed by atoms with Crippen LogP contribution in [-0.4, -0.2) is 23.0 Å². The first kappa shape index (κ1) is 12.4. The molecule has 0 fully saturated rings. The van der Waals surface area contributed by atoms with Gasteiger partial charge in [-0.05, 0) is 19.1 Å². The van der Waals surface area contributed by atoms with Crippen molar-refractivity contribution in [2.24, 2.45) is 7.05 Å². The van der Waals surface area contributed by atoms with Gasteiger partial charge in [0.1, 0.15) is 5.82 Å². The van der Waals surface area contributed by atoms with Gasteiger partial charge < -0.3 is 10.3 Å². The zero-order valence-electron chi connectivity index (χ0n) is 9.95. The Morgan fingerprint density at radius 1 is 1.39 bits per heavy atom. The summed E-state index contributed by atoms with van der Waals surface area (Å²) >= 11 is 0. The Bertz CT molecular complexity index is 658. The van der Waals surface area contributed by atoms with Gasteiger partial charge in [0.2, 0.25) is 0 Å². The van der Waals surface area contributed by atoms with Crippen molar-refractivity contribution in [3.05, 3.63) is 30.2 Å². The Morgan fingerprint density at radius 2 is 2.11 bits per heavy atom.